The van der Waals surface area contributed by atoms with Crippen LogP contribution in [0.15, 0.2) is 22.7 Å². The molecule has 1 rings (SSSR count). The second-order valence-electron chi connectivity index (χ2n) is 4.47. The van der Waals surface area contributed by atoms with Crippen LogP contribution < -0.4 is 5.32 Å². The van der Waals surface area contributed by atoms with E-state index in [9.17, 15) is 4.39 Å². The highest BCUT2D eigenvalue weighted by atomic mass is 79.9. The van der Waals surface area contributed by atoms with Gasteiger partial charge in [-0.1, -0.05) is 26.3 Å². The molecule has 1 aromatic rings. The van der Waals surface area contributed by atoms with Crippen molar-refractivity contribution in [1.82, 2.24) is 5.32 Å². The van der Waals surface area contributed by atoms with Crippen LogP contribution in [0.4, 0.5) is 4.39 Å². The average Bonchev–Trinajstić information content (AvgIpc) is 2.30. The van der Waals surface area contributed by atoms with Crippen LogP contribution in [0.2, 0.25) is 0 Å². The largest absolute Gasteiger partial charge is 0.314 e. The van der Waals surface area contributed by atoms with Gasteiger partial charge in [0.15, 0.2) is 0 Å². The molecule has 0 radical (unpaired) electrons. The van der Waals surface area contributed by atoms with E-state index in [1.807, 2.05) is 12.1 Å². The van der Waals surface area contributed by atoms with E-state index in [-0.39, 0.29) is 5.82 Å². The number of benzene rings is 1. The Labute approximate surface area is 112 Å². The molecule has 0 saturated heterocycles. The average molecular weight is 302 g/mol. The molecular weight excluding hydrogens is 281 g/mol. The van der Waals surface area contributed by atoms with E-state index in [0.717, 1.165) is 19.4 Å². The van der Waals surface area contributed by atoms with Crippen molar-refractivity contribution in [3.8, 4) is 0 Å². The maximum Gasteiger partial charge on any atom is 0.137 e. The molecule has 0 saturated carbocycles. The Morgan fingerprint density at radius 1 is 1.35 bits per heavy atom. The van der Waals surface area contributed by atoms with Crippen LogP contribution in [0, 0.1) is 11.7 Å². The van der Waals surface area contributed by atoms with Gasteiger partial charge in [0.25, 0.3) is 0 Å². The van der Waals surface area contributed by atoms with Crippen molar-refractivity contribution in [2.45, 2.75) is 39.7 Å². The third-order valence-electron chi connectivity index (χ3n) is 3.24. The van der Waals surface area contributed by atoms with Crippen molar-refractivity contribution in [3.63, 3.8) is 0 Å². The predicted octanol–water partition coefficient (Wildman–Crippen LogP) is 4.15. The minimum Gasteiger partial charge on any atom is -0.314 e. The third-order valence-corrected chi connectivity index (χ3v) is 3.85. The van der Waals surface area contributed by atoms with Gasteiger partial charge < -0.3 is 5.32 Å². The van der Waals surface area contributed by atoms with Crippen molar-refractivity contribution in [3.05, 3.63) is 34.1 Å². The molecule has 96 valence electrons. The first-order valence-electron chi connectivity index (χ1n) is 6.25. The number of hydrogen-bond donors (Lipinski definition) is 1. The molecule has 2 atom stereocenters. The number of rotatable bonds is 6. The van der Waals surface area contributed by atoms with Crippen molar-refractivity contribution in [2.75, 3.05) is 6.54 Å². The van der Waals surface area contributed by atoms with Crippen LogP contribution in [0.1, 0.15) is 32.8 Å². The molecule has 0 fully saturated rings. The summed E-state index contributed by atoms with van der Waals surface area (Å²) in [4.78, 5) is 0. The van der Waals surface area contributed by atoms with E-state index >= 15 is 0 Å². The van der Waals surface area contributed by atoms with Crippen LogP contribution >= 0.6 is 15.9 Å². The van der Waals surface area contributed by atoms with Gasteiger partial charge in [-0.05, 0) is 59.4 Å². The molecule has 17 heavy (non-hydrogen) atoms. The summed E-state index contributed by atoms with van der Waals surface area (Å²) in [6.07, 6.45) is 2.12. The monoisotopic (exact) mass is 301 g/mol. The van der Waals surface area contributed by atoms with Crippen LogP contribution in [-0.2, 0) is 6.42 Å². The maximum absolute atomic E-state index is 13.1. The first-order valence-corrected chi connectivity index (χ1v) is 7.05. The normalized spacial score (nSPS) is 14.6. The standard InChI is InChI=1S/C14H21BrFN/c1-4-12(10(3)17-5-2)8-11-6-7-14(16)13(15)9-11/h6-7,9-10,12,17H,4-5,8H2,1-3H3. The molecule has 1 aromatic carbocycles. The highest BCUT2D eigenvalue weighted by Crippen LogP contribution is 2.21. The highest BCUT2D eigenvalue weighted by molar-refractivity contribution is 9.10. The molecular formula is C14H21BrFN. The van der Waals surface area contributed by atoms with E-state index < -0.39 is 0 Å². The summed E-state index contributed by atoms with van der Waals surface area (Å²) < 4.78 is 13.7. The molecule has 1 N–H and O–H groups in total. The lowest BCUT2D eigenvalue weighted by molar-refractivity contribution is 0.367. The highest BCUT2D eigenvalue weighted by Gasteiger charge is 2.15. The predicted molar refractivity (Wildman–Crippen MR) is 74.7 cm³/mol. The number of nitrogens with one attached hydrogen (secondary N) is 1. The first-order chi connectivity index (χ1) is 8.08. The Balaban J connectivity index is 2.70. The van der Waals surface area contributed by atoms with Crippen LogP contribution in [0.25, 0.3) is 0 Å². The Bertz CT molecular complexity index is 354. The Morgan fingerprint density at radius 2 is 2.06 bits per heavy atom. The van der Waals surface area contributed by atoms with Crippen LogP contribution in [0.5, 0.6) is 0 Å². The fraction of sp³-hybridized carbons (Fsp3) is 0.571. The minimum absolute atomic E-state index is 0.193. The van der Waals surface area contributed by atoms with Crippen molar-refractivity contribution in [2.24, 2.45) is 5.92 Å². The summed E-state index contributed by atoms with van der Waals surface area (Å²) in [7, 11) is 0. The Hall–Kier alpha value is -0.410. The van der Waals surface area contributed by atoms with Gasteiger partial charge in [-0.15, -0.1) is 0 Å². The summed E-state index contributed by atoms with van der Waals surface area (Å²) in [5.41, 5.74) is 1.19. The summed E-state index contributed by atoms with van der Waals surface area (Å²) in [6.45, 7) is 7.54. The topological polar surface area (TPSA) is 12.0 Å². The quantitative estimate of drug-likeness (QED) is 0.832. The molecule has 3 heteroatoms. The second-order valence-corrected chi connectivity index (χ2v) is 5.32. The van der Waals surface area contributed by atoms with Gasteiger partial charge in [0.05, 0.1) is 4.47 Å². The SMILES string of the molecule is CCNC(C)C(CC)Cc1ccc(F)c(Br)c1. The lowest BCUT2D eigenvalue weighted by Crippen LogP contribution is -2.34. The van der Waals surface area contributed by atoms with E-state index in [1.54, 1.807) is 0 Å². The summed E-state index contributed by atoms with van der Waals surface area (Å²) in [5, 5.41) is 3.46. The van der Waals surface area contributed by atoms with Crippen molar-refractivity contribution in [1.29, 1.82) is 0 Å². The maximum atomic E-state index is 13.1. The fourth-order valence-electron chi connectivity index (χ4n) is 2.13. The molecule has 0 bridgehead atoms. The molecule has 0 spiro atoms. The Morgan fingerprint density at radius 3 is 2.59 bits per heavy atom. The zero-order valence-corrected chi connectivity index (χ0v) is 12.3. The molecule has 0 aliphatic heterocycles. The molecule has 0 aliphatic rings. The molecule has 0 aromatic heterocycles. The molecule has 0 aliphatic carbocycles. The molecule has 2 unspecified atom stereocenters. The van der Waals surface area contributed by atoms with Gasteiger partial charge in [0.2, 0.25) is 0 Å². The summed E-state index contributed by atoms with van der Waals surface area (Å²) in [5.74, 6) is 0.397. The van der Waals surface area contributed by atoms with Gasteiger partial charge in [0, 0.05) is 6.04 Å². The second kappa shape index (κ2) is 7.12. The number of hydrogen-bond acceptors (Lipinski definition) is 1. The van der Waals surface area contributed by atoms with Crippen molar-refractivity contribution >= 4 is 15.9 Å². The summed E-state index contributed by atoms with van der Waals surface area (Å²) in [6, 6.07) is 5.79. The van der Waals surface area contributed by atoms with Gasteiger partial charge in [0.1, 0.15) is 5.82 Å². The van der Waals surface area contributed by atoms with E-state index in [0.29, 0.717) is 16.4 Å². The lowest BCUT2D eigenvalue weighted by atomic mass is 9.91. The van der Waals surface area contributed by atoms with E-state index in [4.69, 9.17) is 0 Å². The van der Waals surface area contributed by atoms with Gasteiger partial charge in [-0.2, -0.15) is 0 Å². The molecule has 1 nitrogen and oxygen atoms in total. The molecule has 0 heterocycles. The van der Waals surface area contributed by atoms with Gasteiger partial charge >= 0.3 is 0 Å². The van der Waals surface area contributed by atoms with E-state index in [1.165, 1.54) is 11.6 Å². The van der Waals surface area contributed by atoms with Gasteiger partial charge in [-0.3, -0.25) is 0 Å². The minimum atomic E-state index is -0.193. The van der Waals surface area contributed by atoms with Crippen molar-refractivity contribution < 1.29 is 4.39 Å². The van der Waals surface area contributed by atoms with E-state index in [2.05, 4.69) is 42.0 Å². The fourth-order valence-corrected chi connectivity index (χ4v) is 2.56. The summed E-state index contributed by atoms with van der Waals surface area (Å²) >= 11 is 3.24. The van der Waals surface area contributed by atoms with Crippen LogP contribution in [0.3, 0.4) is 0 Å². The third kappa shape index (κ3) is 4.40. The molecule has 0 amide bonds. The van der Waals surface area contributed by atoms with Gasteiger partial charge in [-0.25, -0.2) is 4.39 Å². The number of halogens is 2. The Kier molecular flexibility index (Phi) is 6.14. The smallest absolute Gasteiger partial charge is 0.137 e. The zero-order valence-electron chi connectivity index (χ0n) is 10.8. The lowest BCUT2D eigenvalue weighted by Gasteiger charge is -2.23. The first kappa shape index (κ1) is 14.7. The zero-order chi connectivity index (χ0) is 12.8. The van der Waals surface area contributed by atoms with Crippen LogP contribution in [-0.4, -0.2) is 12.6 Å².